The number of pyridine rings is 1. The fourth-order valence-corrected chi connectivity index (χ4v) is 2.41. The minimum absolute atomic E-state index is 0.159. The Balaban J connectivity index is 2.52. The highest BCUT2D eigenvalue weighted by atomic mass is 16.2. The molecule has 2 aromatic heterocycles. The molecular formula is C17H24N4O2. The number of imidazole rings is 1. The molecule has 1 N–H and O–H groups in total. The van der Waals surface area contributed by atoms with Crippen LogP contribution in [0.15, 0.2) is 24.4 Å². The first-order valence-corrected chi connectivity index (χ1v) is 7.87. The molecule has 0 radical (unpaired) electrons. The van der Waals surface area contributed by atoms with Crippen LogP contribution in [0, 0.1) is 0 Å². The third-order valence-electron chi connectivity index (χ3n) is 3.49. The van der Waals surface area contributed by atoms with Crippen molar-refractivity contribution in [3.8, 4) is 0 Å². The SMILES string of the molecule is CCN(CC)C(=O)c1nc(C(=O)NC(C)(C)C)n2ccccc12. The quantitative estimate of drug-likeness (QED) is 0.941. The topological polar surface area (TPSA) is 66.7 Å². The van der Waals surface area contributed by atoms with Crippen molar-refractivity contribution in [1.29, 1.82) is 0 Å². The van der Waals surface area contributed by atoms with Crippen LogP contribution in [0.25, 0.3) is 5.52 Å². The first kappa shape index (κ1) is 17.0. The third-order valence-corrected chi connectivity index (χ3v) is 3.49. The number of hydrogen-bond donors (Lipinski definition) is 1. The summed E-state index contributed by atoms with van der Waals surface area (Å²) in [5, 5.41) is 2.89. The van der Waals surface area contributed by atoms with Gasteiger partial charge in [0.05, 0.1) is 5.52 Å². The van der Waals surface area contributed by atoms with Crippen molar-refractivity contribution in [2.24, 2.45) is 0 Å². The Morgan fingerprint density at radius 1 is 1.22 bits per heavy atom. The third kappa shape index (κ3) is 3.52. The predicted molar refractivity (Wildman–Crippen MR) is 89.7 cm³/mol. The molecule has 6 heteroatoms. The van der Waals surface area contributed by atoms with E-state index in [4.69, 9.17) is 0 Å². The van der Waals surface area contributed by atoms with E-state index in [1.165, 1.54) is 0 Å². The normalized spacial score (nSPS) is 11.5. The zero-order valence-corrected chi connectivity index (χ0v) is 14.4. The molecule has 2 amide bonds. The van der Waals surface area contributed by atoms with Crippen LogP contribution in [-0.4, -0.2) is 44.7 Å². The van der Waals surface area contributed by atoms with Crippen molar-refractivity contribution in [2.75, 3.05) is 13.1 Å². The van der Waals surface area contributed by atoms with Gasteiger partial charge in [0.2, 0.25) is 5.82 Å². The highest BCUT2D eigenvalue weighted by molar-refractivity contribution is 6.02. The summed E-state index contributed by atoms with van der Waals surface area (Å²) in [5.41, 5.74) is 0.581. The monoisotopic (exact) mass is 316 g/mol. The Labute approximate surface area is 136 Å². The molecule has 0 aliphatic carbocycles. The lowest BCUT2D eigenvalue weighted by Crippen LogP contribution is -2.41. The fraction of sp³-hybridized carbons (Fsp3) is 0.471. The minimum atomic E-state index is -0.374. The Kier molecular flexibility index (Phi) is 4.73. The van der Waals surface area contributed by atoms with Gasteiger partial charge >= 0.3 is 0 Å². The number of nitrogens with zero attached hydrogens (tertiary/aromatic N) is 3. The van der Waals surface area contributed by atoms with E-state index in [-0.39, 0.29) is 23.2 Å². The van der Waals surface area contributed by atoms with E-state index in [9.17, 15) is 9.59 Å². The summed E-state index contributed by atoms with van der Waals surface area (Å²) < 4.78 is 1.66. The van der Waals surface area contributed by atoms with Gasteiger partial charge in [-0.25, -0.2) is 4.98 Å². The van der Waals surface area contributed by atoms with Gasteiger partial charge in [-0.3, -0.25) is 14.0 Å². The van der Waals surface area contributed by atoms with Crippen molar-refractivity contribution < 1.29 is 9.59 Å². The van der Waals surface area contributed by atoms with Gasteiger partial charge in [0.1, 0.15) is 0 Å². The Morgan fingerprint density at radius 2 is 1.87 bits per heavy atom. The number of amides is 2. The van der Waals surface area contributed by atoms with Gasteiger partial charge in [-0.05, 0) is 46.8 Å². The highest BCUT2D eigenvalue weighted by Crippen LogP contribution is 2.16. The number of fused-ring (bicyclic) bond motifs is 1. The van der Waals surface area contributed by atoms with E-state index in [1.54, 1.807) is 21.6 Å². The lowest BCUT2D eigenvalue weighted by atomic mass is 10.1. The second-order valence-electron chi connectivity index (χ2n) is 6.42. The maximum Gasteiger partial charge on any atom is 0.288 e. The Hall–Kier alpha value is -2.37. The smallest absolute Gasteiger partial charge is 0.288 e. The summed E-state index contributed by atoms with van der Waals surface area (Å²) in [6.07, 6.45) is 1.75. The number of carbonyl (C=O) groups is 2. The van der Waals surface area contributed by atoms with E-state index < -0.39 is 0 Å². The molecular weight excluding hydrogens is 292 g/mol. The van der Waals surface area contributed by atoms with Crippen LogP contribution in [0.1, 0.15) is 55.7 Å². The molecule has 124 valence electrons. The molecule has 6 nitrogen and oxygen atoms in total. The second-order valence-corrected chi connectivity index (χ2v) is 6.42. The molecule has 0 atom stereocenters. The van der Waals surface area contributed by atoms with E-state index >= 15 is 0 Å². The lowest BCUT2D eigenvalue weighted by molar-refractivity contribution is 0.0769. The molecule has 0 bridgehead atoms. The maximum atomic E-state index is 12.7. The number of rotatable bonds is 4. The van der Waals surface area contributed by atoms with E-state index in [1.807, 2.05) is 46.8 Å². The zero-order valence-electron chi connectivity index (χ0n) is 14.4. The Bertz CT molecular complexity index is 724. The molecule has 0 saturated carbocycles. The summed E-state index contributed by atoms with van der Waals surface area (Å²) in [5.74, 6) is -0.225. The van der Waals surface area contributed by atoms with Crippen LogP contribution in [0.3, 0.4) is 0 Å². The summed E-state index contributed by atoms with van der Waals surface area (Å²) in [7, 11) is 0. The van der Waals surface area contributed by atoms with Crippen LogP contribution < -0.4 is 5.32 Å². The first-order chi connectivity index (χ1) is 10.8. The van der Waals surface area contributed by atoms with Crippen LogP contribution in [0.5, 0.6) is 0 Å². The average molecular weight is 316 g/mol. The van der Waals surface area contributed by atoms with Crippen molar-refractivity contribution in [1.82, 2.24) is 19.6 Å². The standard InChI is InChI=1S/C17H24N4O2/c1-6-20(7-2)16(23)13-12-10-8-9-11-21(12)14(18-13)15(22)19-17(3,4)5/h8-11H,6-7H2,1-5H3,(H,19,22). The number of aromatic nitrogens is 2. The highest BCUT2D eigenvalue weighted by Gasteiger charge is 2.25. The van der Waals surface area contributed by atoms with Crippen molar-refractivity contribution in [2.45, 2.75) is 40.2 Å². The molecule has 0 unspecified atom stereocenters. The Morgan fingerprint density at radius 3 is 2.43 bits per heavy atom. The van der Waals surface area contributed by atoms with Gasteiger partial charge in [0, 0.05) is 24.8 Å². The van der Waals surface area contributed by atoms with Gasteiger partial charge < -0.3 is 10.2 Å². The molecule has 0 spiro atoms. The van der Waals surface area contributed by atoms with E-state index in [0.717, 1.165) is 0 Å². The van der Waals surface area contributed by atoms with Gasteiger partial charge in [-0.1, -0.05) is 6.07 Å². The summed E-state index contributed by atoms with van der Waals surface area (Å²) in [4.78, 5) is 31.2. The van der Waals surface area contributed by atoms with Gasteiger partial charge in [0.25, 0.3) is 11.8 Å². The van der Waals surface area contributed by atoms with E-state index in [0.29, 0.717) is 24.3 Å². The molecule has 0 fully saturated rings. The molecule has 23 heavy (non-hydrogen) atoms. The number of nitrogens with one attached hydrogen (secondary N) is 1. The fourth-order valence-electron chi connectivity index (χ4n) is 2.41. The van der Waals surface area contributed by atoms with Gasteiger partial charge in [-0.15, -0.1) is 0 Å². The van der Waals surface area contributed by atoms with E-state index in [2.05, 4.69) is 10.3 Å². The zero-order chi connectivity index (χ0) is 17.2. The molecule has 2 rings (SSSR count). The predicted octanol–water partition coefficient (Wildman–Crippen LogP) is 2.34. The molecule has 0 aromatic carbocycles. The van der Waals surface area contributed by atoms with Crippen LogP contribution >= 0.6 is 0 Å². The molecule has 2 aromatic rings. The van der Waals surface area contributed by atoms with Gasteiger partial charge in [-0.2, -0.15) is 0 Å². The first-order valence-electron chi connectivity index (χ1n) is 7.87. The van der Waals surface area contributed by atoms with Crippen LogP contribution in [-0.2, 0) is 0 Å². The summed E-state index contributed by atoms with van der Waals surface area (Å²) in [6, 6.07) is 5.45. The van der Waals surface area contributed by atoms with Crippen LogP contribution in [0.4, 0.5) is 0 Å². The molecule has 2 heterocycles. The minimum Gasteiger partial charge on any atom is -0.345 e. The summed E-state index contributed by atoms with van der Waals surface area (Å²) >= 11 is 0. The van der Waals surface area contributed by atoms with Crippen molar-refractivity contribution >= 4 is 17.3 Å². The lowest BCUT2D eigenvalue weighted by Gasteiger charge is -2.19. The largest absolute Gasteiger partial charge is 0.345 e. The molecule has 0 saturated heterocycles. The van der Waals surface area contributed by atoms with Crippen molar-refractivity contribution in [3.63, 3.8) is 0 Å². The summed E-state index contributed by atoms with van der Waals surface area (Å²) in [6.45, 7) is 10.8. The number of hydrogen-bond acceptors (Lipinski definition) is 3. The van der Waals surface area contributed by atoms with Gasteiger partial charge in [0.15, 0.2) is 5.69 Å². The average Bonchev–Trinajstić information content (AvgIpc) is 2.86. The molecule has 0 aliphatic heterocycles. The van der Waals surface area contributed by atoms with Crippen LogP contribution in [0.2, 0.25) is 0 Å². The second kappa shape index (κ2) is 6.40. The molecule has 0 aliphatic rings. The number of carbonyl (C=O) groups excluding carboxylic acids is 2. The maximum absolute atomic E-state index is 12.7. The van der Waals surface area contributed by atoms with Crippen molar-refractivity contribution in [3.05, 3.63) is 35.9 Å².